The van der Waals surface area contributed by atoms with Gasteiger partial charge in [0.15, 0.2) is 0 Å². The minimum atomic E-state index is -3.44. The number of aromatic nitrogens is 2. The molecule has 0 unspecified atom stereocenters. The van der Waals surface area contributed by atoms with Crippen LogP contribution in [0.25, 0.3) is 0 Å². The summed E-state index contributed by atoms with van der Waals surface area (Å²) in [6, 6.07) is 18.3. The van der Waals surface area contributed by atoms with Crippen molar-refractivity contribution in [3.8, 4) is 0 Å². The van der Waals surface area contributed by atoms with Crippen LogP contribution in [0.5, 0.6) is 0 Å². The highest BCUT2D eigenvalue weighted by atomic mass is 32.2. The van der Waals surface area contributed by atoms with E-state index in [0.29, 0.717) is 12.2 Å². The minimum absolute atomic E-state index is 0.0444. The average Bonchev–Trinajstić information content (AvgIpc) is 3.00. The van der Waals surface area contributed by atoms with Crippen LogP contribution >= 0.6 is 0 Å². The van der Waals surface area contributed by atoms with Crippen LogP contribution in [0.4, 0.5) is 5.69 Å². The molecule has 0 saturated carbocycles. The molecule has 1 heterocycles. The second-order valence-electron chi connectivity index (χ2n) is 5.25. The zero-order valence-corrected chi connectivity index (χ0v) is 13.3. The fourth-order valence-electron chi connectivity index (χ4n) is 2.32. The van der Waals surface area contributed by atoms with Crippen molar-refractivity contribution in [2.24, 2.45) is 0 Å². The first-order valence-corrected chi connectivity index (χ1v) is 8.87. The first-order valence-electron chi connectivity index (χ1n) is 7.21. The lowest BCUT2D eigenvalue weighted by molar-refractivity contribution is 0.600. The Morgan fingerprint density at radius 1 is 0.957 bits per heavy atom. The summed E-state index contributed by atoms with van der Waals surface area (Å²) >= 11 is 0. The number of anilines is 1. The van der Waals surface area contributed by atoms with E-state index in [1.807, 2.05) is 48.7 Å². The first-order chi connectivity index (χ1) is 11.1. The maximum absolute atomic E-state index is 12.3. The monoisotopic (exact) mass is 327 g/mol. The van der Waals surface area contributed by atoms with Crippen molar-refractivity contribution in [1.29, 1.82) is 0 Å². The molecule has 0 spiro atoms. The normalized spacial score (nSPS) is 11.3. The summed E-state index contributed by atoms with van der Waals surface area (Å²) in [6.45, 7) is 0.598. The average molecular weight is 327 g/mol. The molecule has 0 amide bonds. The van der Waals surface area contributed by atoms with Crippen molar-refractivity contribution in [1.82, 2.24) is 9.78 Å². The summed E-state index contributed by atoms with van der Waals surface area (Å²) < 4.78 is 29.0. The molecule has 3 rings (SSSR count). The van der Waals surface area contributed by atoms with E-state index in [1.165, 1.54) is 0 Å². The van der Waals surface area contributed by atoms with E-state index < -0.39 is 10.0 Å². The van der Waals surface area contributed by atoms with E-state index >= 15 is 0 Å². The predicted octanol–water partition coefficient (Wildman–Crippen LogP) is 2.87. The number of rotatable bonds is 6. The molecule has 3 aromatic rings. The molecular weight excluding hydrogens is 310 g/mol. The molecule has 0 bridgehead atoms. The summed E-state index contributed by atoms with van der Waals surface area (Å²) in [5.41, 5.74) is 2.30. The lowest BCUT2D eigenvalue weighted by atomic mass is 10.2. The SMILES string of the molecule is O=S(=O)(Cc1ccccc1)Nc1cccc(Cn2cccn2)c1. The van der Waals surface area contributed by atoms with Crippen LogP contribution in [0.3, 0.4) is 0 Å². The van der Waals surface area contributed by atoms with Gasteiger partial charge in [-0.3, -0.25) is 9.40 Å². The highest BCUT2D eigenvalue weighted by Gasteiger charge is 2.11. The Kier molecular flexibility index (Phi) is 4.43. The molecule has 23 heavy (non-hydrogen) atoms. The number of nitrogens with zero attached hydrogens (tertiary/aromatic N) is 2. The maximum atomic E-state index is 12.3. The Morgan fingerprint density at radius 2 is 1.74 bits per heavy atom. The summed E-state index contributed by atoms with van der Waals surface area (Å²) in [5, 5.41) is 4.15. The molecule has 1 N–H and O–H groups in total. The maximum Gasteiger partial charge on any atom is 0.236 e. The fourth-order valence-corrected chi connectivity index (χ4v) is 3.51. The quantitative estimate of drug-likeness (QED) is 0.757. The number of hydrogen-bond acceptors (Lipinski definition) is 3. The van der Waals surface area contributed by atoms with Crippen molar-refractivity contribution >= 4 is 15.7 Å². The van der Waals surface area contributed by atoms with Crippen LogP contribution in [0.15, 0.2) is 73.1 Å². The molecule has 0 aliphatic rings. The van der Waals surface area contributed by atoms with Crippen molar-refractivity contribution in [3.05, 3.63) is 84.2 Å². The Balaban J connectivity index is 1.72. The summed E-state index contributed by atoms with van der Waals surface area (Å²) in [4.78, 5) is 0. The van der Waals surface area contributed by atoms with Gasteiger partial charge in [0.2, 0.25) is 10.0 Å². The molecule has 5 nitrogen and oxygen atoms in total. The summed E-state index contributed by atoms with van der Waals surface area (Å²) in [7, 11) is -3.44. The van der Waals surface area contributed by atoms with Gasteiger partial charge in [-0.2, -0.15) is 5.10 Å². The number of benzene rings is 2. The van der Waals surface area contributed by atoms with E-state index in [-0.39, 0.29) is 5.75 Å². The Bertz CT molecular complexity index is 860. The third-order valence-electron chi connectivity index (χ3n) is 3.30. The van der Waals surface area contributed by atoms with Gasteiger partial charge >= 0.3 is 0 Å². The fraction of sp³-hybridized carbons (Fsp3) is 0.118. The zero-order chi connectivity index (χ0) is 16.1. The van der Waals surface area contributed by atoms with Gasteiger partial charge in [0.05, 0.1) is 12.3 Å². The van der Waals surface area contributed by atoms with Crippen LogP contribution in [0, 0.1) is 0 Å². The molecule has 0 radical (unpaired) electrons. The van der Waals surface area contributed by atoms with Crippen LogP contribution < -0.4 is 4.72 Å². The van der Waals surface area contributed by atoms with Crippen molar-refractivity contribution in [3.63, 3.8) is 0 Å². The first kappa shape index (κ1) is 15.3. The molecule has 0 aliphatic heterocycles. The second kappa shape index (κ2) is 6.66. The third-order valence-corrected chi connectivity index (χ3v) is 4.56. The minimum Gasteiger partial charge on any atom is -0.283 e. The van der Waals surface area contributed by atoms with Gasteiger partial charge in [-0.1, -0.05) is 42.5 Å². The second-order valence-corrected chi connectivity index (χ2v) is 6.97. The lowest BCUT2D eigenvalue weighted by Gasteiger charge is -2.10. The molecule has 0 aliphatic carbocycles. The Hall–Kier alpha value is -2.60. The Morgan fingerprint density at radius 3 is 2.48 bits per heavy atom. The van der Waals surface area contributed by atoms with Gasteiger partial charge in [-0.05, 0) is 29.3 Å². The van der Waals surface area contributed by atoms with Gasteiger partial charge in [0.25, 0.3) is 0 Å². The molecule has 1 aromatic heterocycles. The molecule has 0 atom stereocenters. The largest absolute Gasteiger partial charge is 0.283 e. The van der Waals surface area contributed by atoms with Crippen LogP contribution in [-0.4, -0.2) is 18.2 Å². The van der Waals surface area contributed by atoms with Gasteiger partial charge in [-0.15, -0.1) is 0 Å². The standard InChI is InChI=1S/C17H17N3O2S/c21-23(22,14-15-6-2-1-3-7-15)19-17-9-4-8-16(12-17)13-20-11-5-10-18-20/h1-12,19H,13-14H2. The molecular formula is C17H17N3O2S. The summed E-state index contributed by atoms with van der Waals surface area (Å²) in [5.74, 6) is -0.0444. The molecule has 2 aromatic carbocycles. The van der Waals surface area contributed by atoms with Gasteiger partial charge in [0, 0.05) is 18.1 Å². The Labute approximate surface area is 135 Å². The zero-order valence-electron chi connectivity index (χ0n) is 12.5. The highest BCUT2D eigenvalue weighted by molar-refractivity contribution is 7.91. The van der Waals surface area contributed by atoms with Crippen molar-refractivity contribution in [2.75, 3.05) is 4.72 Å². The van der Waals surface area contributed by atoms with Gasteiger partial charge in [0.1, 0.15) is 0 Å². The number of sulfonamides is 1. The van der Waals surface area contributed by atoms with E-state index in [1.54, 1.807) is 29.1 Å². The number of hydrogen-bond donors (Lipinski definition) is 1. The predicted molar refractivity (Wildman–Crippen MR) is 90.5 cm³/mol. The molecule has 118 valence electrons. The van der Waals surface area contributed by atoms with Gasteiger partial charge < -0.3 is 0 Å². The molecule has 0 fully saturated rings. The van der Waals surface area contributed by atoms with E-state index in [9.17, 15) is 8.42 Å². The topological polar surface area (TPSA) is 64.0 Å². The van der Waals surface area contributed by atoms with E-state index in [2.05, 4.69) is 9.82 Å². The van der Waals surface area contributed by atoms with E-state index in [4.69, 9.17) is 0 Å². The van der Waals surface area contributed by atoms with Crippen LogP contribution in [0.2, 0.25) is 0 Å². The van der Waals surface area contributed by atoms with Crippen LogP contribution in [0.1, 0.15) is 11.1 Å². The lowest BCUT2D eigenvalue weighted by Crippen LogP contribution is -2.15. The highest BCUT2D eigenvalue weighted by Crippen LogP contribution is 2.15. The van der Waals surface area contributed by atoms with Crippen LogP contribution in [-0.2, 0) is 22.3 Å². The van der Waals surface area contributed by atoms with E-state index in [0.717, 1.165) is 11.1 Å². The molecule has 6 heteroatoms. The van der Waals surface area contributed by atoms with Gasteiger partial charge in [-0.25, -0.2) is 8.42 Å². The number of nitrogens with one attached hydrogen (secondary N) is 1. The van der Waals surface area contributed by atoms with Crippen molar-refractivity contribution in [2.45, 2.75) is 12.3 Å². The molecule has 0 saturated heterocycles. The smallest absolute Gasteiger partial charge is 0.236 e. The third kappa shape index (κ3) is 4.43. The van der Waals surface area contributed by atoms with Crippen molar-refractivity contribution < 1.29 is 8.42 Å². The summed E-state index contributed by atoms with van der Waals surface area (Å²) in [6.07, 6.45) is 3.58.